The van der Waals surface area contributed by atoms with Crippen LogP contribution in [0.25, 0.3) is 0 Å². The Balaban J connectivity index is 2.76. The van der Waals surface area contributed by atoms with Gasteiger partial charge in [0, 0.05) is 0 Å². The highest BCUT2D eigenvalue weighted by molar-refractivity contribution is 5.47. The van der Waals surface area contributed by atoms with E-state index in [1.165, 1.54) is 0 Å². The fourth-order valence-electron chi connectivity index (χ4n) is 0.794. The van der Waals surface area contributed by atoms with E-state index >= 15 is 0 Å². The lowest BCUT2D eigenvalue weighted by molar-refractivity contribution is 0.217. The third kappa shape index (κ3) is 2.20. The Labute approximate surface area is 72.1 Å². The fourth-order valence-corrected chi connectivity index (χ4v) is 0.794. The maximum Gasteiger partial charge on any atom is 0.136 e. The first kappa shape index (κ1) is 8.46. The summed E-state index contributed by atoms with van der Waals surface area (Å²) in [6, 6.07) is 0. The van der Waals surface area contributed by atoms with Gasteiger partial charge in [0.1, 0.15) is 12.5 Å². The smallest absolute Gasteiger partial charge is 0.136 e. The maximum absolute atomic E-state index is 5.21. The lowest BCUT2D eigenvalue weighted by atomic mass is 10.3. The van der Waals surface area contributed by atoms with E-state index in [4.69, 9.17) is 16.9 Å². The molecule has 0 atom stereocenters. The largest absolute Gasteiger partial charge is 0.482 e. The van der Waals surface area contributed by atoms with E-state index in [1.807, 2.05) is 0 Å². The monoisotopic (exact) mass is 159 g/mol. The van der Waals surface area contributed by atoms with Crippen LogP contribution >= 0.6 is 0 Å². The second-order valence-corrected chi connectivity index (χ2v) is 2.15. The molecule has 0 aliphatic heterocycles. The Hall–Kier alpha value is -1.64. The quantitative estimate of drug-likeness (QED) is 0.477. The highest BCUT2D eigenvalue weighted by atomic mass is 16.5. The van der Waals surface area contributed by atoms with Crippen LogP contribution in [0.15, 0.2) is 23.5 Å². The summed E-state index contributed by atoms with van der Waals surface area (Å²) < 4.78 is 5.08. The predicted molar refractivity (Wildman–Crippen MR) is 47.5 cm³/mol. The van der Waals surface area contributed by atoms with Crippen molar-refractivity contribution in [1.29, 1.82) is 0 Å². The van der Waals surface area contributed by atoms with Crippen molar-refractivity contribution in [3.05, 3.63) is 23.5 Å². The molecule has 0 radical (unpaired) electrons. The Morgan fingerprint density at radius 1 is 1.67 bits per heavy atom. The summed E-state index contributed by atoms with van der Waals surface area (Å²) in [7, 11) is 0. The van der Waals surface area contributed by atoms with Crippen molar-refractivity contribution in [2.24, 2.45) is 5.73 Å². The third-order valence-electron chi connectivity index (χ3n) is 1.35. The number of rotatable bonds is 2. The molecule has 0 heterocycles. The average molecular weight is 159 g/mol. The molecule has 2 N–H and O–H groups in total. The molecule has 1 aliphatic rings. The molecule has 12 heavy (non-hydrogen) atoms. The van der Waals surface area contributed by atoms with E-state index < -0.39 is 0 Å². The maximum atomic E-state index is 5.21. The highest BCUT2D eigenvalue weighted by Crippen LogP contribution is 2.06. The van der Waals surface area contributed by atoms with Gasteiger partial charge in [-0.1, -0.05) is 17.8 Å². The van der Waals surface area contributed by atoms with Gasteiger partial charge in [0.15, 0.2) is 0 Å². The third-order valence-corrected chi connectivity index (χ3v) is 1.35. The number of hydrogen-bond donors (Lipinski definition) is 1. The fraction of sp³-hybridized carbons (Fsp3) is 0.200. The van der Waals surface area contributed by atoms with E-state index in [1.54, 1.807) is 12.2 Å². The predicted octanol–water partition coefficient (Wildman–Crippen LogP) is 0.770. The van der Waals surface area contributed by atoms with Crippen LogP contribution in [0.1, 0.15) is 6.42 Å². The molecule has 2 nitrogen and oxygen atoms in total. The van der Waals surface area contributed by atoms with Crippen molar-refractivity contribution in [2.75, 3.05) is 6.73 Å². The van der Waals surface area contributed by atoms with Crippen molar-refractivity contribution < 1.29 is 4.74 Å². The Bertz CT molecular complexity index is 320. The zero-order valence-electron chi connectivity index (χ0n) is 6.63. The van der Waals surface area contributed by atoms with Gasteiger partial charge >= 0.3 is 0 Å². The van der Waals surface area contributed by atoms with E-state index in [-0.39, 0.29) is 6.73 Å². The summed E-state index contributed by atoms with van der Waals surface area (Å²) in [6.45, 7) is 0.173. The van der Waals surface area contributed by atoms with Gasteiger partial charge in [-0.25, -0.2) is 0 Å². The van der Waals surface area contributed by atoms with Gasteiger partial charge in [0.2, 0.25) is 0 Å². The zero-order valence-corrected chi connectivity index (χ0v) is 6.63. The minimum absolute atomic E-state index is 0.173. The van der Waals surface area contributed by atoms with Crippen LogP contribution in [0, 0.1) is 24.2 Å². The van der Waals surface area contributed by atoms with Gasteiger partial charge < -0.3 is 4.74 Å². The van der Waals surface area contributed by atoms with Crippen LogP contribution in [0.5, 0.6) is 0 Å². The summed E-state index contributed by atoms with van der Waals surface area (Å²) >= 11 is 0. The second-order valence-electron chi connectivity index (χ2n) is 2.15. The van der Waals surface area contributed by atoms with E-state index in [9.17, 15) is 0 Å². The molecular formula is C10H9NO. The number of hydrogen-bond acceptors (Lipinski definition) is 2. The molecule has 0 unspecified atom stereocenters. The minimum atomic E-state index is 0.173. The molecular weight excluding hydrogens is 150 g/mol. The van der Waals surface area contributed by atoms with Gasteiger partial charge in [-0.05, 0) is 12.2 Å². The minimum Gasteiger partial charge on any atom is -0.482 e. The molecule has 0 spiro atoms. The van der Waals surface area contributed by atoms with Crippen molar-refractivity contribution in [3.63, 3.8) is 0 Å². The first-order chi connectivity index (χ1) is 5.86. The summed E-state index contributed by atoms with van der Waals surface area (Å²) in [5.41, 5.74) is 5.88. The van der Waals surface area contributed by atoms with Crippen LogP contribution in [0.2, 0.25) is 0 Å². The van der Waals surface area contributed by atoms with Gasteiger partial charge in [-0.2, -0.15) is 0 Å². The summed E-state index contributed by atoms with van der Waals surface area (Å²) in [4.78, 5) is 0. The Morgan fingerprint density at radius 3 is 3.17 bits per heavy atom. The van der Waals surface area contributed by atoms with Crippen LogP contribution < -0.4 is 5.73 Å². The van der Waals surface area contributed by atoms with E-state index in [0.29, 0.717) is 12.0 Å². The van der Waals surface area contributed by atoms with Crippen molar-refractivity contribution in [3.8, 4) is 24.2 Å². The molecule has 0 amide bonds. The van der Waals surface area contributed by atoms with Crippen molar-refractivity contribution >= 4 is 0 Å². The van der Waals surface area contributed by atoms with Gasteiger partial charge in [0.25, 0.3) is 0 Å². The van der Waals surface area contributed by atoms with Gasteiger partial charge in [0.05, 0.1) is 12.0 Å². The topological polar surface area (TPSA) is 35.2 Å². The lowest BCUT2D eigenvalue weighted by Gasteiger charge is -2.01. The van der Waals surface area contributed by atoms with E-state index in [2.05, 4.69) is 17.8 Å². The molecule has 1 aliphatic carbocycles. The Kier molecular flexibility index (Phi) is 3.02. The van der Waals surface area contributed by atoms with Crippen LogP contribution in [0.3, 0.4) is 0 Å². The normalized spacial score (nSPS) is 14.3. The molecule has 0 aromatic rings. The van der Waals surface area contributed by atoms with Crippen LogP contribution in [0.4, 0.5) is 0 Å². The molecule has 0 fully saturated rings. The zero-order chi connectivity index (χ0) is 8.81. The summed E-state index contributed by atoms with van der Waals surface area (Å²) in [6.07, 6.45) is 9.29. The van der Waals surface area contributed by atoms with Gasteiger partial charge in [-0.3, -0.25) is 5.73 Å². The average Bonchev–Trinajstić information content (AvgIpc) is 2.31. The molecule has 2 heteroatoms. The first-order valence-corrected chi connectivity index (χ1v) is 3.56. The second kappa shape index (κ2) is 4.28. The standard InChI is InChI=1S/C10H9NO/c1-2-9-4-3-5-10(7-6-9)12-8-11/h1,6-7H,5,8,11H2. The molecule has 1 rings (SSSR count). The van der Waals surface area contributed by atoms with Gasteiger partial charge in [-0.15, -0.1) is 6.42 Å². The van der Waals surface area contributed by atoms with Crippen LogP contribution in [-0.4, -0.2) is 6.73 Å². The number of allylic oxidation sites excluding steroid dienone is 4. The SMILES string of the molecule is C#CC1=CC=C(OCN)CC#C1. The molecule has 60 valence electrons. The first-order valence-electron chi connectivity index (χ1n) is 3.56. The van der Waals surface area contributed by atoms with Crippen LogP contribution in [-0.2, 0) is 4.74 Å². The lowest BCUT2D eigenvalue weighted by Crippen LogP contribution is -2.03. The summed E-state index contributed by atoms with van der Waals surface area (Å²) in [5.74, 6) is 8.92. The van der Waals surface area contributed by atoms with Crippen molar-refractivity contribution in [2.45, 2.75) is 6.42 Å². The molecule has 0 saturated carbocycles. The highest BCUT2D eigenvalue weighted by Gasteiger charge is 1.96. The number of nitrogens with two attached hydrogens (primary N) is 1. The number of ether oxygens (including phenoxy) is 1. The molecule has 0 saturated heterocycles. The molecule has 0 bridgehead atoms. The molecule has 0 aromatic carbocycles. The van der Waals surface area contributed by atoms with E-state index in [0.717, 1.165) is 5.76 Å². The van der Waals surface area contributed by atoms with Crippen molar-refractivity contribution in [1.82, 2.24) is 0 Å². The number of terminal acetylenes is 1. The molecule has 0 aromatic heterocycles. The summed E-state index contributed by atoms with van der Waals surface area (Å²) in [5, 5.41) is 0. The Morgan fingerprint density at radius 2 is 2.50 bits per heavy atom.